The van der Waals surface area contributed by atoms with E-state index in [1.807, 2.05) is 14.0 Å². The summed E-state index contributed by atoms with van der Waals surface area (Å²) in [4.78, 5) is 19.5. The molecule has 0 spiro atoms. The Morgan fingerprint density at radius 3 is 2.58 bits per heavy atom. The van der Waals surface area contributed by atoms with Crippen molar-refractivity contribution in [3.8, 4) is 0 Å². The van der Waals surface area contributed by atoms with Crippen LogP contribution in [0.4, 0.5) is 0 Å². The van der Waals surface area contributed by atoms with Crippen LogP contribution in [-0.4, -0.2) is 26.5 Å². The van der Waals surface area contributed by atoms with Crippen LogP contribution in [0.1, 0.15) is 41.6 Å². The highest BCUT2D eigenvalue weighted by Crippen LogP contribution is 2.16. The van der Waals surface area contributed by atoms with Gasteiger partial charge in [0.05, 0.1) is 5.69 Å². The zero-order valence-electron chi connectivity index (χ0n) is 14.5. The van der Waals surface area contributed by atoms with E-state index in [9.17, 15) is 4.79 Å². The lowest BCUT2D eigenvalue weighted by Crippen LogP contribution is -2.21. The monoisotopic (exact) mass is 342 g/mol. The van der Waals surface area contributed by atoms with Gasteiger partial charge in [-0.1, -0.05) is 49.4 Å². The highest BCUT2D eigenvalue weighted by molar-refractivity contribution is 7.16. The Morgan fingerprint density at radius 2 is 1.92 bits per heavy atom. The Bertz CT molecular complexity index is 896. The Labute approximate surface area is 145 Å². The zero-order valence-corrected chi connectivity index (χ0v) is 15.3. The van der Waals surface area contributed by atoms with Crippen LogP contribution in [-0.2, 0) is 13.1 Å². The van der Waals surface area contributed by atoms with Crippen molar-refractivity contribution in [2.45, 2.75) is 39.8 Å². The van der Waals surface area contributed by atoms with E-state index in [1.165, 1.54) is 27.0 Å². The molecule has 0 amide bonds. The third-order valence-corrected chi connectivity index (χ3v) is 4.75. The summed E-state index contributed by atoms with van der Waals surface area (Å²) in [5, 5.41) is 5.01. The summed E-state index contributed by atoms with van der Waals surface area (Å²) in [6, 6.07) is 10.3. The van der Waals surface area contributed by atoms with E-state index in [0.29, 0.717) is 17.4 Å². The molecule has 2 heterocycles. The Hall–Kier alpha value is -2.05. The number of hydrogen-bond donors (Lipinski definition) is 0. The molecule has 0 unspecified atom stereocenters. The largest absolute Gasteiger partial charge is 0.296 e. The van der Waals surface area contributed by atoms with E-state index in [4.69, 9.17) is 0 Å². The Balaban J connectivity index is 1.72. The molecule has 0 atom stereocenters. The second-order valence-corrected chi connectivity index (χ2v) is 7.63. The molecule has 0 fully saturated rings. The molecule has 24 heavy (non-hydrogen) atoms. The molecule has 0 aliphatic rings. The van der Waals surface area contributed by atoms with Gasteiger partial charge in [0, 0.05) is 19.2 Å². The lowest BCUT2D eigenvalue weighted by Gasteiger charge is -2.16. The first kappa shape index (κ1) is 16.8. The first-order valence-electron chi connectivity index (χ1n) is 8.06. The number of benzene rings is 1. The van der Waals surface area contributed by atoms with Crippen LogP contribution in [0.3, 0.4) is 0 Å². The highest BCUT2D eigenvalue weighted by atomic mass is 32.1. The molecular weight excluding hydrogens is 320 g/mol. The number of rotatable bonds is 5. The third kappa shape index (κ3) is 3.71. The highest BCUT2D eigenvalue weighted by Gasteiger charge is 2.09. The second-order valence-electron chi connectivity index (χ2n) is 6.47. The molecule has 5 nitrogen and oxygen atoms in total. The minimum Gasteiger partial charge on any atom is -0.296 e. The van der Waals surface area contributed by atoms with Crippen LogP contribution in [0.2, 0.25) is 0 Å². The predicted molar refractivity (Wildman–Crippen MR) is 97.6 cm³/mol. The molecule has 126 valence electrons. The minimum atomic E-state index is -0.117. The molecule has 2 aromatic heterocycles. The van der Waals surface area contributed by atoms with E-state index >= 15 is 0 Å². The molecule has 0 saturated heterocycles. The smallest absolute Gasteiger partial charge is 0.275 e. The summed E-state index contributed by atoms with van der Waals surface area (Å²) in [6.07, 6.45) is 0. The first-order chi connectivity index (χ1) is 11.4. The summed E-state index contributed by atoms with van der Waals surface area (Å²) in [5.41, 5.74) is 3.27. The van der Waals surface area contributed by atoms with Crippen molar-refractivity contribution in [2.24, 2.45) is 0 Å². The molecule has 6 heteroatoms. The van der Waals surface area contributed by atoms with E-state index in [-0.39, 0.29) is 5.56 Å². The van der Waals surface area contributed by atoms with Gasteiger partial charge in [0.25, 0.3) is 5.56 Å². The maximum absolute atomic E-state index is 12.1. The fraction of sp³-hybridized carbons (Fsp3) is 0.389. The fourth-order valence-corrected chi connectivity index (χ4v) is 3.45. The van der Waals surface area contributed by atoms with Crippen molar-refractivity contribution in [3.05, 3.63) is 62.5 Å². The van der Waals surface area contributed by atoms with Gasteiger partial charge in [0.1, 0.15) is 5.01 Å². The van der Waals surface area contributed by atoms with Gasteiger partial charge >= 0.3 is 0 Å². The van der Waals surface area contributed by atoms with Crippen molar-refractivity contribution < 1.29 is 0 Å². The van der Waals surface area contributed by atoms with Crippen LogP contribution in [0.15, 0.2) is 35.1 Å². The summed E-state index contributed by atoms with van der Waals surface area (Å²) in [5.74, 6) is 0.545. The van der Waals surface area contributed by atoms with E-state index < -0.39 is 0 Å². The molecular formula is C18H22N4OS. The van der Waals surface area contributed by atoms with Crippen molar-refractivity contribution in [2.75, 3.05) is 7.05 Å². The van der Waals surface area contributed by atoms with Crippen LogP contribution < -0.4 is 5.56 Å². The summed E-state index contributed by atoms with van der Waals surface area (Å²) in [7, 11) is 2.04. The number of fused-ring (bicyclic) bond motifs is 1. The van der Waals surface area contributed by atoms with Gasteiger partial charge in [0.2, 0.25) is 4.96 Å². The average Bonchev–Trinajstić information content (AvgIpc) is 2.88. The molecule has 1 aromatic carbocycles. The molecule has 0 saturated carbocycles. The van der Waals surface area contributed by atoms with Crippen LogP contribution >= 0.6 is 11.3 Å². The molecule has 3 aromatic rings. The molecule has 0 aliphatic heterocycles. The van der Waals surface area contributed by atoms with E-state index in [0.717, 1.165) is 17.2 Å². The predicted octanol–water partition coefficient (Wildman–Crippen LogP) is 3.21. The van der Waals surface area contributed by atoms with Gasteiger partial charge in [-0.2, -0.15) is 9.61 Å². The molecule has 0 aliphatic carbocycles. The quantitative estimate of drug-likeness (QED) is 0.714. The maximum atomic E-state index is 12.1. The SMILES string of the molecule is Cc1nn2c(=O)cc(CN(C)Cc3ccc(C(C)C)cc3)nc2s1. The zero-order chi connectivity index (χ0) is 17.3. The molecule has 0 bridgehead atoms. The number of aromatic nitrogens is 3. The van der Waals surface area contributed by atoms with Gasteiger partial charge in [-0.25, -0.2) is 4.98 Å². The van der Waals surface area contributed by atoms with Gasteiger partial charge in [-0.15, -0.1) is 0 Å². The van der Waals surface area contributed by atoms with Crippen LogP contribution in [0, 0.1) is 6.92 Å². The lowest BCUT2D eigenvalue weighted by atomic mass is 10.0. The van der Waals surface area contributed by atoms with Crippen LogP contribution in [0.25, 0.3) is 4.96 Å². The molecule has 0 radical (unpaired) electrons. The second kappa shape index (κ2) is 6.83. The fourth-order valence-electron chi connectivity index (χ4n) is 2.68. The first-order valence-corrected chi connectivity index (χ1v) is 8.88. The number of aryl methyl sites for hydroxylation is 1. The van der Waals surface area contributed by atoms with Crippen molar-refractivity contribution in [1.82, 2.24) is 19.5 Å². The van der Waals surface area contributed by atoms with Gasteiger partial charge < -0.3 is 0 Å². The summed E-state index contributed by atoms with van der Waals surface area (Å²) >= 11 is 1.44. The van der Waals surface area contributed by atoms with Gasteiger partial charge in [0.15, 0.2) is 0 Å². The summed E-state index contributed by atoms with van der Waals surface area (Å²) in [6.45, 7) is 7.73. The summed E-state index contributed by atoms with van der Waals surface area (Å²) < 4.78 is 1.37. The van der Waals surface area contributed by atoms with E-state index in [1.54, 1.807) is 6.07 Å². The average molecular weight is 342 g/mol. The minimum absolute atomic E-state index is 0.117. The van der Waals surface area contributed by atoms with Gasteiger partial charge in [-0.3, -0.25) is 9.69 Å². The van der Waals surface area contributed by atoms with E-state index in [2.05, 4.69) is 53.1 Å². The topological polar surface area (TPSA) is 50.5 Å². The molecule has 3 rings (SSSR count). The van der Waals surface area contributed by atoms with Crippen molar-refractivity contribution >= 4 is 16.3 Å². The standard InChI is InChI=1S/C18H22N4OS/c1-12(2)15-7-5-14(6-8-15)10-21(4)11-16-9-17(23)22-18(19-16)24-13(3)20-22/h5-9,12H,10-11H2,1-4H3. The molecule has 0 N–H and O–H groups in total. The number of nitrogens with zero attached hydrogens (tertiary/aromatic N) is 4. The number of hydrogen-bond acceptors (Lipinski definition) is 5. The maximum Gasteiger partial charge on any atom is 0.275 e. The third-order valence-electron chi connectivity index (χ3n) is 3.93. The van der Waals surface area contributed by atoms with Gasteiger partial charge in [-0.05, 0) is 31.0 Å². The van der Waals surface area contributed by atoms with Crippen LogP contribution in [0.5, 0.6) is 0 Å². The lowest BCUT2D eigenvalue weighted by molar-refractivity contribution is 0.315. The Morgan fingerprint density at radius 1 is 1.21 bits per heavy atom. The van der Waals surface area contributed by atoms with Crippen molar-refractivity contribution in [3.63, 3.8) is 0 Å². The van der Waals surface area contributed by atoms with Crippen molar-refractivity contribution in [1.29, 1.82) is 0 Å². The Kier molecular flexibility index (Phi) is 4.78. The normalized spacial score (nSPS) is 11.8.